The fourth-order valence-corrected chi connectivity index (χ4v) is 2.65. The van der Waals surface area contributed by atoms with Crippen molar-refractivity contribution in [3.63, 3.8) is 0 Å². The van der Waals surface area contributed by atoms with Gasteiger partial charge in [-0.25, -0.2) is 0 Å². The zero-order valence-corrected chi connectivity index (χ0v) is 14.0. The van der Waals surface area contributed by atoms with Crippen LogP contribution in [0.1, 0.15) is 16.8 Å². The molecule has 0 unspecified atom stereocenters. The number of nitrogens with zero attached hydrogens (tertiary/aromatic N) is 1. The molecule has 0 amide bonds. The second-order valence-corrected chi connectivity index (χ2v) is 5.70. The monoisotopic (exact) mass is 354 g/mol. The molecule has 0 radical (unpaired) electrons. The van der Waals surface area contributed by atoms with Gasteiger partial charge in [0.2, 0.25) is 0 Å². The molecule has 0 aliphatic heterocycles. The molecule has 0 aliphatic carbocycles. The summed E-state index contributed by atoms with van der Waals surface area (Å²) in [7, 11) is 1.68. The molecule has 0 aliphatic rings. The Balaban J connectivity index is 2.21. The van der Waals surface area contributed by atoms with E-state index in [1.165, 1.54) is 0 Å². The van der Waals surface area contributed by atoms with Gasteiger partial charge in [0, 0.05) is 17.3 Å². The van der Waals surface area contributed by atoms with Gasteiger partial charge >= 0.3 is 0 Å². The van der Waals surface area contributed by atoms with Crippen molar-refractivity contribution in [1.29, 1.82) is 0 Å². The van der Waals surface area contributed by atoms with E-state index in [0.29, 0.717) is 11.6 Å². The average molecular weight is 356 g/mol. The minimum atomic E-state index is 0.613. The van der Waals surface area contributed by atoms with Gasteiger partial charge in [0.15, 0.2) is 0 Å². The number of pyridine rings is 1. The number of benzene rings is 1. The van der Waals surface area contributed by atoms with Gasteiger partial charge < -0.3 is 10.1 Å². The molecule has 106 valence electrons. The number of aromatic nitrogens is 1. The van der Waals surface area contributed by atoms with E-state index >= 15 is 0 Å². The van der Waals surface area contributed by atoms with E-state index in [1.807, 2.05) is 38.2 Å². The highest BCUT2D eigenvalue weighted by Crippen LogP contribution is 2.31. The summed E-state index contributed by atoms with van der Waals surface area (Å²) in [6.45, 7) is 4.62. The number of methoxy groups -OCH3 is 1. The molecule has 0 bridgehead atoms. The lowest BCUT2D eigenvalue weighted by Crippen LogP contribution is -2.06. The molecule has 3 nitrogen and oxygen atoms in total. The van der Waals surface area contributed by atoms with Crippen molar-refractivity contribution in [2.75, 3.05) is 12.4 Å². The highest BCUT2D eigenvalue weighted by molar-refractivity contribution is 9.10. The molecule has 5 heteroatoms. The highest BCUT2D eigenvalue weighted by Gasteiger charge is 2.10. The number of nitrogens with one attached hydrogen (secondary N) is 1. The van der Waals surface area contributed by atoms with E-state index in [0.717, 1.165) is 32.7 Å². The SMILES string of the molecule is COc1c(C)cnc(CNc2cccc(Cl)c2Br)c1C. The lowest BCUT2D eigenvalue weighted by Gasteiger charge is -2.14. The van der Waals surface area contributed by atoms with E-state index in [-0.39, 0.29) is 0 Å². The first kappa shape index (κ1) is 15.1. The third kappa shape index (κ3) is 3.07. The summed E-state index contributed by atoms with van der Waals surface area (Å²) in [5.41, 5.74) is 3.99. The maximum atomic E-state index is 6.07. The van der Waals surface area contributed by atoms with Crippen molar-refractivity contribution in [1.82, 2.24) is 4.98 Å². The third-order valence-electron chi connectivity index (χ3n) is 3.15. The summed E-state index contributed by atoms with van der Waals surface area (Å²) in [5.74, 6) is 0.891. The van der Waals surface area contributed by atoms with Crippen LogP contribution in [0.5, 0.6) is 5.75 Å². The van der Waals surface area contributed by atoms with Crippen LogP contribution in [0.2, 0.25) is 5.02 Å². The second-order valence-electron chi connectivity index (χ2n) is 4.50. The maximum Gasteiger partial charge on any atom is 0.128 e. The number of halogens is 2. The minimum absolute atomic E-state index is 0.613. The standard InChI is InChI=1S/C15H16BrClN2O/c1-9-7-18-13(10(2)15(9)20-3)8-19-12-6-4-5-11(17)14(12)16/h4-7,19H,8H2,1-3H3. The van der Waals surface area contributed by atoms with Gasteiger partial charge in [-0.05, 0) is 41.9 Å². The second kappa shape index (κ2) is 6.46. The Labute approximate surface area is 132 Å². The molecule has 0 atom stereocenters. The Morgan fingerprint density at radius 2 is 2.10 bits per heavy atom. The maximum absolute atomic E-state index is 6.07. The summed E-state index contributed by atoms with van der Waals surface area (Å²) >= 11 is 9.55. The topological polar surface area (TPSA) is 34.1 Å². The Kier molecular flexibility index (Phi) is 4.89. The largest absolute Gasteiger partial charge is 0.496 e. The zero-order chi connectivity index (χ0) is 14.7. The Bertz CT molecular complexity index is 632. The fraction of sp³-hybridized carbons (Fsp3) is 0.267. The zero-order valence-electron chi connectivity index (χ0n) is 11.6. The van der Waals surface area contributed by atoms with E-state index in [1.54, 1.807) is 7.11 Å². The van der Waals surface area contributed by atoms with Crippen molar-refractivity contribution in [2.24, 2.45) is 0 Å². The predicted molar refractivity (Wildman–Crippen MR) is 86.7 cm³/mol. The molecular weight excluding hydrogens is 340 g/mol. The van der Waals surface area contributed by atoms with Crippen LogP contribution in [0.4, 0.5) is 5.69 Å². The van der Waals surface area contributed by atoms with Gasteiger partial charge in [0.25, 0.3) is 0 Å². The Hall–Kier alpha value is -1.26. The van der Waals surface area contributed by atoms with Crippen LogP contribution in [0.15, 0.2) is 28.9 Å². The quantitative estimate of drug-likeness (QED) is 0.860. The smallest absolute Gasteiger partial charge is 0.128 e. The van der Waals surface area contributed by atoms with Gasteiger partial charge in [0.1, 0.15) is 5.75 Å². The normalized spacial score (nSPS) is 10.4. The predicted octanol–water partition coefficient (Wildman–Crippen LogP) is 4.74. The number of anilines is 1. The van der Waals surface area contributed by atoms with Crippen LogP contribution in [0, 0.1) is 13.8 Å². The summed E-state index contributed by atoms with van der Waals surface area (Å²) in [6, 6.07) is 5.72. The van der Waals surface area contributed by atoms with Crippen molar-refractivity contribution < 1.29 is 4.74 Å². The summed E-state index contributed by atoms with van der Waals surface area (Å²) in [4.78, 5) is 4.46. The van der Waals surface area contributed by atoms with E-state index in [4.69, 9.17) is 16.3 Å². The van der Waals surface area contributed by atoms with Gasteiger partial charge in [-0.3, -0.25) is 4.98 Å². The van der Waals surface area contributed by atoms with Gasteiger partial charge in [-0.15, -0.1) is 0 Å². The van der Waals surface area contributed by atoms with Crippen LogP contribution < -0.4 is 10.1 Å². The third-order valence-corrected chi connectivity index (χ3v) is 4.55. The van der Waals surface area contributed by atoms with E-state index in [2.05, 4.69) is 26.2 Å². The van der Waals surface area contributed by atoms with Crippen LogP contribution in [-0.4, -0.2) is 12.1 Å². The molecule has 1 aromatic carbocycles. The van der Waals surface area contributed by atoms with Crippen LogP contribution in [-0.2, 0) is 6.54 Å². The molecule has 0 fully saturated rings. The van der Waals surface area contributed by atoms with Crippen LogP contribution >= 0.6 is 27.5 Å². The lowest BCUT2D eigenvalue weighted by atomic mass is 10.1. The lowest BCUT2D eigenvalue weighted by molar-refractivity contribution is 0.407. The number of hydrogen-bond acceptors (Lipinski definition) is 3. The van der Waals surface area contributed by atoms with Crippen molar-refractivity contribution in [3.05, 3.63) is 50.7 Å². The molecule has 0 saturated heterocycles. The number of hydrogen-bond donors (Lipinski definition) is 1. The van der Waals surface area contributed by atoms with Crippen molar-refractivity contribution >= 4 is 33.2 Å². The Morgan fingerprint density at radius 3 is 2.80 bits per heavy atom. The van der Waals surface area contributed by atoms with Gasteiger partial charge in [-0.1, -0.05) is 17.7 Å². The molecule has 2 rings (SSSR count). The van der Waals surface area contributed by atoms with E-state index < -0.39 is 0 Å². The first-order valence-corrected chi connectivity index (χ1v) is 7.38. The first-order valence-electron chi connectivity index (χ1n) is 6.21. The van der Waals surface area contributed by atoms with Gasteiger partial charge in [-0.2, -0.15) is 0 Å². The number of ether oxygens (including phenoxy) is 1. The number of rotatable bonds is 4. The van der Waals surface area contributed by atoms with Crippen molar-refractivity contribution in [3.8, 4) is 5.75 Å². The number of aryl methyl sites for hydroxylation is 1. The minimum Gasteiger partial charge on any atom is -0.496 e. The summed E-state index contributed by atoms with van der Waals surface area (Å²) in [5, 5.41) is 4.01. The molecule has 1 heterocycles. The molecule has 2 aromatic rings. The average Bonchev–Trinajstić information content (AvgIpc) is 2.43. The molecule has 0 spiro atoms. The fourth-order valence-electron chi connectivity index (χ4n) is 2.07. The molecule has 1 aromatic heterocycles. The van der Waals surface area contributed by atoms with Crippen LogP contribution in [0.25, 0.3) is 0 Å². The van der Waals surface area contributed by atoms with Gasteiger partial charge in [0.05, 0.1) is 34.5 Å². The summed E-state index contributed by atoms with van der Waals surface area (Å²) < 4.78 is 6.27. The van der Waals surface area contributed by atoms with E-state index in [9.17, 15) is 0 Å². The molecule has 20 heavy (non-hydrogen) atoms. The molecule has 0 saturated carbocycles. The highest BCUT2D eigenvalue weighted by atomic mass is 79.9. The molecule has 1 N–H and O–H groups in total. The first-order chi connectivity index (χ1) is 9.54. The van der Waals surface area contributed by atoms with Crippen molar-refractivity contribution in [2.45, 2.75) is 20.4 Å². The Morgan fingerprint density at radius 1 is 1.35 bits per heavy atom. The van der Waals surface area contributed by atoms with Crippen LogP contribution in [0.3, 0.4) is 0 Å². The summed E-state index contributed by atoms with van der Waals surface area (Å²) in [6.07, 6.45) is 1.83. The molecular formula is C15H16BrClN2O.